The summed E-state index contributed by atoms with van der Waals surface area (Å²) in [6.45, 7) is 9.31. The average Bonchev–Trinajstić information content (AvgIpc) is 3.00. The summed E-state index contributed by atoms with van der Waals surface area (Å²) in [5.74, 6) is 0. The summed E-state index contributed by atoms with van der Waals surface area (Å²) in [6.07, 6.45) is 10.5. The van der Waals surface area contributed by atoms with Gasteiger partial charge < -0.3 is 0 Å². The van der Waals surface area contributed by atoms with Crippen molar-refractivity contribution in [3.8, 4) is 0 Å². The third-order valence-electron chi connectivity index (χ3n) is 6.39. The highest BCUT2D eigenvalue weighted by Crippen LogP contribution is 2.35. The van der Waals surface area contributed by atoms with E-state index >= 15 is 0 Å². The molecule has 5 aliphatic carbocycles. The largest absolute Gasteiger partial charge is 0.0795 e. The summed E-state index contributed by atoms with van der Waals surface area (Å²) in [4.78, 5) is 0. The van der Waals surface area contributed by atoms with Gasteiger partial charge in [0, 0.05) is 0 Å². The first-order chi connectivity index (χ1) is 11.1. The van der Waals surface area contributed by atoms with Gasteiger partial charge in [-0.25, -0.2) is 0 Å². The fraction of sp³-hybridized carbons (Fsp3) is 0.391. The van der Waals surface area contributed by atoms with E-state index in [-0.39, 0.29) is 0 Å². The van der Waals surface area contributed by atoms with Crippen molar-refractivity contribution in [1.82, 2.24) is 0 Å². The number of aryl methyl sites for hydroxylation is 2. The molecule has 0 nitrogen and oxygen atoms in total. The van der Waals surface area contributed by atoms with E-state index in [0.717, 1.165) is 12.8 Å². The van der Waals surface area contributed by atoms with Gasteiger partial charge in [-0.05, 0) is 115 Å². The van der Waals surface area contributed by atoms with Crippen LogP contribution in [0.5, 0.6) is 0 Å². The van der Waals surface area contributed by atoms with Gasteiger partial charge in [0.05, 0.1) is 0 Å². The van der Waals surface area contributed by atoms with Crippen molar-refractivity contribution in [1.29, 1.82) is 0 Å². The molecule has 23 heavy (non-hydrogen) atoms. The molecule has 0 spiro atoms. The minimum Gasteiger partial charge on any atom is -0.0795 e. The summed E-state index contributed by atoms with van der Waals surface area (Å²) in [6, 6.07) is 4.76. The molecule has 0 heterocycles. The van der Waals surface area contributed by atoms with Gasteiger partial charge in [-0.2, -0.15) is 0 Å². The van der Waals surface area contributed by atoms with Crippen LogP contribution in [0, 0.1) is 27.7 Å². The molecule has 0 saturated heterocycles. The first-order valence-corrected chi connectivity index (χ1v) is 8.96. The van der Waals surface area contributed by atoms with Crippen molar-refractivity contribution >= 4 is 6.08 Å². The minimum atomic E-state index is 1.13. The highest BCUT2D eigenvalue weighted by Gasteiger charge is 2.21. The van der Waals surface area contributed by atoms with Crippen LogP contribution in [0.25, 0.3) is 6.08 Å². The van der Waals surface area contributed by atoms with E-state index in [2.05, 4.69) is 52.0 Å². The number of benzene rings is 2. The highest BCUT2D eigenvalue weighted by molar-refractivity contribution is 5.69. The topological polar surface area (TPSA) is 0 Å². The molecule has 0 unspecified atom stereocenters. The van der Waals surface area contributed by atoms with E-state index in [0.29, 0.717) is 0 Å². The van der Waals surface area contributed by atoms with Gasteiger partial charge in [0.15, 0.2) is 0 Å². The lowest BCUT2D eigenvalue weighted by Crippen LogP contribution is -2.10. The summed E-state index contributed by atoms with van der Waals surface area (Å²) in [7, 11) is 0. The Bertz CT molecular complexity index is 834. The molecule has 0 fully saturated rings. The van der Waals surface area contributed by atoms with Gasteiger partial charge in [0.25, 0.3) is 0 Å². The zero-order valence-electron chi connectivity index (χ0n) is 14.8. The van der Waals surface area contributed by atoms with Gasteiger partial charge in [-0.1, -0.05) is 24.3 Å². The molecule has 2 aromatic carbocycles. The molecule has 7 rings (SSSR count). The van der Waals surface area contributed by atoms with Gasteiger partial charge in [0.1, 0.15) is 0 Å². The Labute approximate surface area is 140 Å². The van der Waals surface area contributed by atoms with E-state index in [1.165, 1.54) is 47.1 Å². The number of rotatable bonds is 0. The van der Waals surface area contributed by atoms with Crippen molar-refractivity contribution in [2.24, 2.45) is 0 Å². The van der Waals surface area contributed by atoms with Crippen LogP contribution >= 0.6 is 0 Å². The molecule has 0 N–H and O–H groups in total. The van der Waals surface area contributed by atoms with E-state index < -0.39 is 0 Å². The molecule has 5 aliphatic rings. The molecule has 0 atom stereocenters. The van der Waals surface area contributed by atoms with Crippen molar-refractivity contribution in [2.45, 2.75) is 59.8 Å². The minimum absolute atomic E-state index is 1.13. The first kappa shape index (κ1) is 14.8. The predicted octanol–water partition coefficient (Wildman–Crippen LogP) is 5.37. The van der Waals surface area contributed by atoms with Crippen LogP contribution in [0.1, 0.15) is 55.6 Å². The quantitative estimate of drug-likeness (QED) is 0.613. The van der Waals surface area contributed by atoms with Gasteiger partial charge in [-0.15, -0.1) is 0 Å². The molecular weight excluding hydrogens is 276 g/mol. The summed E-state index contributed by atoms with van der Waals surface area (Å²) in [5.41, 5.74) is 15.6. The van der Waals surface area contributed by atoms with Crippen molar-refractivity contribution in [3.05, 3.63) is 73.8 Å². The van der Waals surface area contributed by atoms with Crippen LogP contribution in [0.2, 0.25) is 0 Å². The van der Waals surface area contributed by atoms with Crippen LogP contribution in [0.4, 0.5) is 0 Å². The number of hydrogen-bond acceptors (Lipinski definition) is 0. The van der Waals surface area contributed by atoms with Crippen molar-refractivity contribution in [2.75, 3.05) is 0 Å². The molecule has 4 bridgehead atoms. The third kappa shape index (κ3) is 2.19. The average molecular weight is 302 g/mol. The van der Waals surface area contributed by atoms with Gasteiger partial charge in [-0.3, -0.25) is 0 Å². The zero-order chi connectivity index (χ0) is 16.1. The Morgan fingerprint density at radius 3 is 1.83 bits per heavy atom. The van der Waals surface area contributed by atoms with Crippen molar-refractivity contribution in [3.63, 3.8) is 0 Å². The lowest BCUT2D eigenvalue weighted by Gasteiger charge is -2.23. The first-order valence-electron chi connectivity index (χ1n) is 8.96. The maximum Gasteiger partial charge on any atom is -0.00852 e. The van der Waals surface area contributed by atoms with E-state index in [9.17, 15) is 0 Å². The van der Waals surface area contributed by atoms with Crippen LogP contribution in [0.15, 0.2) is 18.2 Å². The Morgan fingerprint density at radius 2 is 1.17 bits per heavy atom. The summed E-state index contributed by atoms with van der Waals surface area (Å²) < 4.78 is 0. The Morgan fingerprint density at radius 1 is 0.609 bits per heavy atom. The SMILES string of the molecule is Cc1c2ccc(c1C)CCc1c(C)c(C)c(c3c1CC=C3)CC2. The van der Waals surface area contributed by atoms with E-state index in [1.807, 2.05) is 0 Å². The summed E-state index contributed by atoms with van der Waals surface area (Å²) >= 11 is 0. The maximum atomic E-state index is 2.38. The molecule has 0 aromatic heterocycles. The van der Waals surface area contributed by atoms with Crippen LogP contribution in [-0.4, -0.2) is 0 Å². The maximum absolute atomic E-state index is 2.38. The normalized spacial score (nSPS) is 15.7. The fourth-order valence-corrected chi connectivity index (χ4v) is 4.61. The highest BCUT2D eigenvalue weighted by atomic mass is 14.3. The monoisotopic (exact) mass is 302 g/mol. The molecule has 2 aromatic rings. The molecule has 0 aliphatic heterocycles. The lowest BCUT2D eigenvalue weighted by atomic mass is 9.82. The molecule has 118 valence electrons. The Hall–Kier alpha value is -1.82. The predicted molar refractivity (Wildman–Crippen MR) is 99.4 cm³/mol. The van der Waals surface area contributed by atoms with Crippen LogP contribution in [-0.2, 0) is 32.1 Å². The second-order valence-electron chi connectivity index (χ2n) is 7.34. The summed E-state index contributed by atoms with van der Waals surface area (Å²) in [5, 5.41) is 0. The Balaban J connectivity index is 1.93. The molecule has 0 amide bonds. The van der Waals surface area contributed by atoms with Gasteiger partial charge >= 0.3 is 0 Å². The Kier molecular flexibility index (Phi) is 3.44. The number of allylic oxidation sites excluding steroid dienone is 1. The number of hydrogen-bond donors (Lipinski definition) is 0. The lowest BCUT2D eigenvalue weighted by molar-refractivity contribution is 0.872. The van der Waals surface area contributed by atoms with Crippen LogP contribution in [0.3, 0.4) is 0 Å². The van der Waals surface area contributed by atoms with Crippen molar-refractivity contribution < 1.29 is 0 Å². The zero-order valence-corrected chi connectivity index (χ0v) is 14.8. The standard InChI is InChI=1S/C23H26/c1-14-15(2)19-9-8-18(14)10-12-20-16(3)17(4)21(13-11-19)23-7-5-6-22(20)23/h5-6,8-9H,7,10-13H2,1-4H3. The molecule has 0 heteroatoms. The van der Waals surface area contributed by atoms with Gasteiger partial charge in [0.2, 0.25) is 0 Å². The molecular formula is C23H26. The fourth-order valence-electron chi connectivity index (χ4n) is 4.61. The second-order valence-corrected chi connectivity index (χ2v) is 7.34. The third-order valence-corrected chi connectivity index (χ3v) is 6.39. The second kappa shape index (κ2) is 5.37. The van der Waals surface area contributed by atoms with Crippen LogP contribution < -0.4 is 0 Å². The van der Waals surface area contributed by atoms with E-state index in [4.69, 9.17) is 0 Å². The molecule has 0 radical (unpaired) electrons. The smallest absolute Gasteiger partial charge is 0.00852 e. The molecule has 0 saturated carbocycles. The van der Waals surface area contributed by atoms with E-state index in [1.54, 1.807) is 27.8 Å².